The molecule has 6 nitrogen and oxygen atoms in total. The van der Waals surface area contributed by atoms with E-state index in [1.807, 2.05) is 0 Å². The summed E-state index contributed by atoms with van der Waals surface area (Å²) in [5, 5.41) is 2.71. The minimum atomic E-state index is -3.57. The Kier molecular flexibility index (Phi) is 4.84. The van der Waals surface area contributed by atoms with E-state index in [4.69, 9.17) is 4.74 Å². The fourth-order valence-corrected chi connectivity index (χ4v) is 3.08. The molecule has 7 heteroatoms. The highest BCUT2D eigenvalue weighted by molar-refractivity contribution is 7.89. The number of carbonyl (C=O) groups excluding carboxylic acids is 1. The lowest BCUT2D eigenvalue weighted by molar-refractivity contribution is -0.122. The summed E-state index contributed by atoms with van der Waals surface area (Å²) in [6, 6.07) is 4.68. The molecule has 0 aliphatic heterocycles. The van der Waals surface area contributed by atoms with Crippen molar-refractivity contribution in [2.75, 3.05) is 20.2 Å². The number of carbonyl (C=O) groups is 1. The van der Waals surface area contributed by atoms with Gasteiger partial charge in [-0.25, -0.2) is 13.1 Å². The molecule has 1 fully saturated rings. The summed E-state index contributed by atoms with van der Waals surface area (Å²) in [4.78, 5) is 11.6. The fraction of sp³-hybridized carbons (Fsp3) is 0.500. The Bertz CT molecular complexity index is 624. The minimum absolute atomic E-state index is 0.00879. The van der Waals surface area contributed by atoms with Crippen LogP contribution in [0.1, 0.15) is 18.4 Å². The Balaban J connectivity index is 1.88. The molecule has 1 aliphatic rings. The van der Waals surface area contributed by atoms with Gasteiger partial charge in [0.15, 0.2) is 0 Å². The van der Waals surface area contributed by atoms with Gasteiger partial charge < -0.3 is 10.1 Å². The van der Waals surface area contributed by atoms with E-state index in [-0.39, 0.29) is 23.3 Å². The Hall–Kier alpha value is -1.60. The molecule has 0 atom stereocenters. The molecule has 0 saturated heterocycles. The lowest BCUT2D eigenvalue weighted by Gasteiger charge is -2.10. The van der Waals surface area contributed by atoms with E-state index in [1.54, 1.807) is 19.1 Å². The van der Waals surface area contributed by atoms with Gasteiger partial charge in [-0.1, -0.05) is 0 Å². The molecule has 2 N–H and O–H groups in total. The number of ether oxygens (including phenoxy) is 1. The second kappa shape index (κ2) is 6.44. The average molecular weight is 312 g/mol. The summed E-state index contributed by atoms with van der Waals surface area (Å²) < 4.78 is 31.8. The third-order valence-corrected chi connectivity index (χ3v) is 4.80. The van der Waals surface area contributed by atoms with Gasteiger partial charge in [0.25, 0.3) is 0 Å². The van der Waals surface area contributed by atoms with Crippen LogP contribution >= 0.6 is 0 Å². The van der Waals surface area contributed by atoms with Gasteiger partial charge in [-0.15, -0.1) is 0 Å². The molecule has 1 aromatic carbocycles. The van der Waals surface area contributed by atoms with E-state index in [0.717, 1.165) is 18.4 Å². The number of hydrogen-bond donors (Lipinski definition) is 2. The third kappa shape index (κ3) is 4.18. The molecule has 0 heterocycles. The number of sulfonamides is 1. The van der Waals surface area contributed by atoms with Crippen molar-refractivity contribution >= 4 is 15.9 Å². The number of amides is 1. The Morgan fingerprint density at radius 3 is 2.62 bits per heavy atom. The molecule has 0 spiro atoms. The van der Waals surface area contributed by atoms with Crippen LogP contribution in [0.2, 0.25) is 0 Å². The molecule has 21 heavy (non-hydrogen) atoms. The Morgan fingerprint density at radius 2 is 2.05 bits per heavy atom. The van der Waals surface area contributed by atoms with Crippen LogP contribution < -0.4 is 14.8 Å². The van der Waals surface area contributed by atoms with Gasteiger partial charge in [-0.2, -0.15) is 0 Å². The zero-order chi connectivity index (χ0) is 15.5. The topological polar surface area (TPSA) is 84.5 Å². The minimum Gasteiger partial charge on any atom is -0.496 e. The maximum Gasteiger partial charge on any atom is 0.240 e. The summed E-state index contributed by atoms with van der Waals surface area (Å²) in [5.41, 5.74) is 0.752. The summed E-state index contributed by atoms with van der Waals surface area (Å²) in [6.07, 6.45) is 1.87. The molecule has 0 radical (unpaired) electrons. The van der Waals surface area contributed by atoms with Crippen LogP contribution in [-0.2, 0) is 14.8 Å². The van der Waals surface area contributed by atoms with Crippen LogP contribution in [0, 0.1) is 12.8 Å². The van der Waals surface area contributed by atoms with Gasteiger partial charge in [-0.3, -0.25) is 4.79 Å². The van der Waals surface area contributed by atoms with E-state index >= 15 is 0 Å². The highest BCUT2D eigenvalue weighted by Gasteiger charge is 2.29. The second-order valence-electron chi connectivity index (χ2n) is 5.09. The normalized spacial score (nSPS) is 14.8. The van der Waals surface area contributed by atoms with Crippen molar-refractivity contribution in [1.82, 2.24) is 10.0 Å². The number of aryl methyl sites for hydroxylation is 1. The van der Waals surface area contributed by atoms with Crippen molar-refractivity contribution < 1.29 is 17.9 Å². The average Bonchev–Trinajstić information content (AvgIpc) is 3.28. The molecule has 0 bridgehead atoms. The maximum absolute atomic E-state index is 12.1. The molecule has 1 saturated carbocycles. The highest BCUT2D eigenvalue weighted by Crippen LogP contribution is 2.28. The van der Waals surface area contributed by atoms with Crippen molar-refractivity contribution in [2.45, 2.75) is 24.7 Å². The number of methoxy groups -OCH3 is 1. The molecule has 116 valence electrons. The summed E-state index contributed by atoms with van der Waals surface area (Å²) in [5.74, 6) is 0.783. The number of rotatable bonds is 7. The molecule has 2 rings (SSSR count). The molecular formula is C14H20N2O4S. The van der Waals surface area contributed by atoms with Crippen molar-refractivity contribution in [3.8, 4) is 5.75 Å². The van der Waals surface area contributed by atoms with Crippen molar-refractivity contribution in [2.24, 2.45) is 5.92 Å². The first-order valence-corrected chi connectivity index (χ1v) is 8.34. The van der Waals surface area contributed by atoms with Gasteiger partial charge >= 0.3 is 0 Å². The van der Waals surface area contributed by atoms with E-state index in [9.17, 15) is 13.2 Å². The largest absolute Gasteiger partial charge is 0.496 e. The molecule has 1 aliphatic carbocycles. The number of nitrogens with one attached hydrogen (secondary N) is 2. The van der Waals surface area contributed by atoms with Crippen LogP contribution in [0.3, 0.4) is 0 Å². The lowest BCUT2D eigenvalue weighted by atomic mass is 10.2. The molecule has 0 aromatic heterocycles. The van der Waals surface area contributed by atoms with Crippen molar-refractivity contribution in [3.63, 3.8) is 0 Å². The van der Waals surface area contributed by atoms with Gasteiger partial charge in [0.05, 0.1) is 12.0 Å². The number of benzene rings is 1. The van der Waals surface area contributed by atoms with Gasteiger partial charge in [0.1, 0.15) is 5.75 Å². The van der Waals surface area contributed by atoms with E-state index in [0.29, 0.717) is 12.3 Å². The molecule has 1 amide bonds. The Labute approximate surface area is 124 Å². The van der Waals surface area contributed by atoms with Crippen molar-refractivity contribution in [1.29, 1.82) is 0 Å². The van der Waals surface area contributed by atoms with E-state index < -0.39 is 10.0 Å². The third-order valence-electron chi connectivity index (χ3n) is 3.34. The maximum atomic E-state index is 12.1. The van der Waals surface area contributed by atoms with Gasteiger partial charge in [-0.05, 0) is 43.5 Å². The summed E-state index contributed by atoms with van der Waals surface area (Å²) in [7, 11) is -2.03. The van der Waals surface area contributed by atoms with Gasteiger partial charge in [0, 0.05) is 19.0 Å². The monoisotopic (exact) mass is 312 g/mol. The first-order valence-electron chi connectivity index (χ1n) is 6.86. The quantitative estimate of drug-likeness (QED) is 0.730. The van der Waals surface area contributed by atoms with Crippen LogP contribution in [0.25, 0.3) is 0 Å². The fourth-order valence-electron chi connectivity index (χ4n) is 1.96. The van der Waals surface area contributed by atoms with Gasteiger partial charge in [0.2, 0.25) is 15.9 Å². The van der Waals surface area contributed by atoms with Crippen LogP contribution in [0.15, 0.2) is 23.1 Å². The highest BCUT2D eigenvalue weighted by atomic mass is 32.2. The first-order chi connectivity index (χ1) is 9.94. The molecule has 1 aromatic rings. The van der Waals surface area contributed by atoms with Crippen LogP contribution in [0.4, 0.5) is 0 Å². The van der Waals surface area contributed by atoms with Crippen LogP contribution in [-0.4, -0.2) is 34.5 Å². The SMILES string of the molecule is COc1ccc(S(=O)(=O)NCCNC(=O)C2CC2)cc1C. The molecular weight excluding hydrogens is 292 g/mol. The molecule has 0 unspecified atom stereocenters. The van der Waals surface area contributed by atoms with Crippen LogP contribution in [0.5, 0.6) is 5.75 Å². The summed E-state index contributed by atoms with van der Waals surface area (Å²) in [6.45, 7) is 2.25. The lowest BCUT2D eigenvalue weighted by Crippen LogP contribution is -2.35. The first kappa shape index (κ1) is 15.8. The summed E-state index contributed by atoms with van der Waals surface area (Å²) >= 11 is 0. The Morgan fingerprint density at radius 1 is 1.33 bits per heavy atom. The number of hydrogen-bond acceptors (Lipinski definition) is 4. The second-order valence-corrected chi connectivity index (χ2v) is 6.86. The zero-order valence-corrected chi connectivity index (χ0v) is 13.0. The standard InChI is InChI=1S/C14H20N2O4S/c1-10-9-12(5-6-13(10)20-2)21(18,19)16-8-7-15-14(17)11-3-4-11/h5-6,9,11,16H,3-4,7-8H2,1-2H3,(H,15,17). The smallest absolute Gasteiger partial charge is 0.240 e. The van der Waals surface area contributed by atoms with Crippen molar-refractivity contribution in [3.05, 3.63) is 23.8 Å². The van der Waals surface area contributed by atoms with E-state index in [1.165, 1.54) is 13.2 Å². The predicted molar refractivity (Wildman–Crippen MR) is 78.7 cm³/mol. The zero-order valence-electron chi connectivity index (χ0n) is 12.2. The predicted octanol–water partition coefficient (Wildman–Crippen LogP) is 0.808. The van der Waals surface area contributed by atoms with E-state index in [2.05, 4.69) is 10.0 Å².